The molecule has 0 radical (unpaired) electrons. The summed E-state index contributed by atoms with van der Waals surface area (Å²) in [5, 5.41) is 12.2. The zero-order valence-electron chi connectivity index (χ0n) is 19.1. The summed E-state index contributed by atoms with van der Waals surface area (Å²) >= 11 is 0. The molecule has 0 heterocycles. The fraction of sp³-hybridized carbons (Fsp3) is 0.667. The molecule has 0 aromatic heterocycles. The van der Waals surface area contributed by atoms with Gasteiger partial charge in [-0.1, -0.05) is 39.3 Å². The van der Waals surface area contributed by atoms with Gasteiger partial charge in [0, 0.05) is 6.42 Å². The van der Waals surface area contributed by atoms with E-state index in [1.54, 1.807) is 45.0 Å². The van der Waals surface area contributed by atoms with Crippen molar-refractivity contribution >= 4 is 12.1 Å². The van der Waals surface area contributed by atoms with Crippen molar-refractivity contribution in [1.29, 1.82) is 0 Å². The standard InChI is InChI=1S/C24H37NO5/c1-15(2)19-12-7-16(3)13-21(19)29-22(27)20(25-23(28)30-24(4,5)6)14-17-8-10-18(26)11-9-17/h8-11,15-16,19-21,26H,7,12-14H2,1-6H3,(H,25,28)/t16-,19+,20?,21-/m0/s1. The third-order valence-corrected chi connectivity index (χ3v) is 5.58. The van der Waals surface area contributed by atoms with E-state index < -0.39 is 23.7 Å². The molecule has 168 valence electrons. The molecule has 0 spiro atoms. The van der Waals surface area contributed by atoms with Gasteiger partial charge in [0.1, 0.15) is 23.5 Å². The predicted octanol–water partition coefficient (Wildman–Crippen LogP) is 4.83. The van der Waals surface area contributed by atoms with Crippen molar-refractivity contribution in [2.75, 3.05) is 0 Å². The summed E-state index contributed by atoms with van der Waals surface area (Å²) in [6, 6.07) is 5.71. The van der Waals surface area contributed by atoms with E-state index in [4.69, 9.17) is 9.47 Å². The van der Waals surface area contributed by atoms with Crippen LogP contribution in [0.2, 0.25) is 0 Å². The lowest BCUT2D eigenvalue weighted by Crippen LogP contribution is -2.47. The summed E-state index contributed by atoms with van der Waals surface area (Å²) in [5.41, 5.74) is 0.141. The van der Waals surface area contributed by atoms with Crippen LogP contribution in [0.3, 0.4) is 0 Å². The number of rotatable bonds is 6. The Bertz CT molecular complexity index is 707. The summed E-state index contributed by atoms with van der Waals surface area (Å²) in [7, 11) is 0. The van der Waals surface area contributed by atoms with Crippen molar-refractivity contribution in [1.82, 2.24) is 5.32 Å². The largest absolute Gasteiger partial charge is 0.508 e. The molecule has 1 saturated carbocycles. The zero-order valence-corrected chi connectivity index (χ0v) is 19.1. The Morgan fingerprint density at radius 3 is 2.37 bits per heavy atom. The van der Waals surface area contributed by atoms with Gasteiger partial charge in [0.05, 0.1) is 0 Å². The molecule has 30 heavy (non-hydrogen) atoms. The normalized spacial score (nSPS) is 23.0. The molecule has 1 aliphatic carbocycles. The van der Waals surface area contributed by atoms with Crippen molar-refractivity contribution in [2.45, 2.75) is 85.0 Å². The van der Waals surface area contributed by atoms with Crippen LogP contribution in [0.4, 0.5) is 4.79 Å². The summed E-state index contributed by atoms with van der Waals surface area (Å²) in [6.45, 7) is 11.8. The number of carbonyl (C=O) groups excluding carboxylic acids is 2. The van der Waals surface area contributed by atoms with Crippen LogP contribution in [0.5, 0.6) is 5.75 Å². The van der Waals surface area contributed by atoms with Crippen LogP contribution in [-0.2, 0) is 20.7 Å². The number of nitrogens with one attached hydrogen (secondary N) is 1. The molecule has 6 heteroatoms. The van der Waals surface area contributed by atoms with Crippen molar-refractivity contribution in [3.63, 3.8) is 0 Å². The van der Waals surface area contributed by atoms with Crippen molar-refractivity contribution in [2.24, 2.45) is 17.8 Å². The van der Waals surface area contributed by atoms with Gasteiger partial charge in [-0.25, -0.2) is 9.59 Å². The number of alkyl carbamates (subject to hydrolysis) is 1. The number of carbonyl (C=O) groups is 2. The Balaban J connectivity index is 2.15. The quantitative estimate of drug-likeness (QED) is 0.645. The molecule has 0 aliphatic heterocycles. The van der Waals surface area contributed by atoms with Crippen molar-refractivity contribution in [3.8, 4) is 5.75 Å². The lowest BCUT2D eigenvalue weighted by molar-refractivity contribution is -0.158. The Labute approximate surface area is 180 Å². The molecule has 1 amide bonds. The Morgan fingerprint density at radius 2 is 1.80 bits per heavy atom. The molecular weight excluding hydrogens is 382 g/mol. The number of hydrogen-bond donors (Lipinski definition) is 2. The van der Waals surface area contributed by atoms with Crippen LogP contribution >= 0.6 is 0 Å². The highest BCUT2D eigenvalue weighted by atomic mass is 16.6. The van der Waals surface area contributed by atoms with E-state index in [0.717, 1.165) is 24.8 Å². The minimum atomic E-state index is -0.866. The van der Waals surface area contributed by atoms with Crippen LogP contribution < -0.4 is 5.32 Å². The highest BCUT2D eigenvalue weighted by molar-refractivity contribution is 5.82. The van der Waals surface area contributed by atoms with Gasteiger partial charge < -0.3 is 19.9 Å². The second kappa shape index (κ2) is 10.2. The number of amides is 1. The van der Waals surface area contributed by atoms with Gasteiger partial charge >= 0.3 is 12.1 Å². The minimum Gasteiger partial charge on any atom is -0.508 e. The topological polar surface area (TPSA) is 84.9 Å². The maximum Gasteiger partial charge on any atom is 0.408 e. The number of hydrogen-bond acceptors (Lipinski definition) is 5. The Hall–Kier alpha value is -2.24. The first-order valence-electron chi connectivity index (χ1n) is 10.9. The SMILES string of the molecule is CC(C)[C@H]1CC[C@H](C)C[C@@H]1OC(=O)C(Cc1ccc(O)cc1)NC(=O)OC(C)(C)C. The summed E-state index contributed by atoms with van der Waals surface area (Å²) in [4.78, 5) is 25.5. The van der Waals surface area contributed by atoms with Crippen LogP contribution in [0.25, 0.3) is 0 Å². The van der Waals surface area contributed by atoms with Gasteiger partial charge in [0.15, 0.2) is 0 Å². The molecule has 1 unspecified atom stereocenters. The van der Waals surface area contributed by atoms with E-state index >= 15 is 0 Å². The summed E-state index contributed by atoms with van der Waals surface area (Å²) < 4.78 is 11.3. The molecule has 0 bridgehead atoms. The Morgan fingerprint density at radius 1 is 1.17 bits per heavy atom. The van der Waals surface area contributed by atoms with Gasteiger partial charge in [-0.05, 0) is 69.1 Å². The molecule has 1 fully saturated rings. The minimum absolute atomic E-state index is 0.147. The smallest absolute Gasteiger partial charge is 0.408 e. The van der Waals surface area contributed by atoms with Gasteiger partial charge in [0.2, 0.25) is 0 Å². The molecular formula is C24H37NO5. The van der Waals surface area contributed by atoms with E-state index in [1.807, 2.05) is 0 Å². The molecule has 0 saturated heterocycles. The number of benzene rings is 1. The first-order chi connectivity index (χ1) is 13.9. The van der Waals surface area contributed by atoms with E-state index in [1.165, 1.54) is 0 Å². The van der Waals surface area contributed by atoms with Crippen LogP contribution in [0.1, 0.15) is 66.4 Å². The van der Waals surface area contributed by atoms with Gasteiger partial charge in [-0.15, -0.1) is 0 Å². The molecule has 1 aromatic rings. The maximum atomic E-state index is 13.1. The highest BCUT2D eigenvalue weighted by Gasteiger charge is 2.35. The highest BCUT2D eigenvalue weighted by Crippen LogP contribution is 2.35. The number of esters is 1. The van der Waals surface area contributed by atoms with Crippen LogP contribution in [0, 0.1) is 17.8 Å². The third-order valence-electron chi connectivity index (χ3n) is 5.58. The van der Waals surface area contributed by atoms with Crippen molar-refractivity contribution in [3.05, 3.63) is 29.8 Å². The van der Waals surface area contributed by atoms with E-state index in [2.05, 4.69) is 26.1 Å². The number of phenols is 1. The molecule has 1 aliphatic rings. The van der Waals surface area contributed by atoms with E-state index in [-0.39, 0.29) is 18.3 Å². The lowest BCUT2D eigenvalue weighted by Gasteiger charge is -2.37. The zero-order chi connectivity index (χ0) is 22.5. The average molecular weight is 420 g/mol. The first-order valence-corrected chi connectivity index (χ1v) is 10.9. The maximum absolute atomic E-state index is 13.1. The Kier molecular flexibility index (Phi) is 8.16. The monoisotopic (exact) mass is 419 g/mol. The average Bonchev–Trinajstić information content (AvgIpc) is 2.61. The lowest BCUT2D eigenvalue weighted by atomic mass is 9.75. The van der Waals surface area contributed by atoms with Gasteiger partial charge in [0.25, 0.3) is 0 Å². The third kappa shape index (κ3) is 7.54. The van der Waals surface area contributed by atoms with Crippen LogP contribution in [-0.4, -0.2) is 34.9 Å². The fourth-order valence-electron chi connectivity index (χ4n) is 3.99. The predicted molar refractivity (Wildman–Crippen MR) is 116 cm³/mol. The molecule has 2 rings (SSSR count). The number of phenolic OH excluding ortho intramolecular Hbond substituents is 1. The second-order valence-corrected chi connectivity index (χ2v) is 9.87. The van der Waals surface area contributed by atoms with E-state index in [0.29, 0.717) is 17.8 Å². The van der Waals surface area contributed by atoms with Crippen LogP contribution in [0.15, 0.2) is 24.3 Å². The van der Waals surface area contributed by atoms with Gasteiger partial charge in [-0.2, -0.15) is 0 Å². The molecule has 4 atom stereocenters. The van der Waals surface area contributed by atoms with E-state index in [9.17, 15) is 14.7 Å². The first kappa shape index (κ1) is 24.0. The number of ether oxygens (including phenoxy) is 2. The number of aromatic hydroxyl groups is 1. The molecule has 2 N–H and O–H groups in total. The molecule has 1 aromatic carbocycles. The van der Waals surface area contributed by atoms with Gasteiger partial charge in [-0.3, -0.25) is 0 Å². The summed E-state index contributed by atoms with van der Waals surface area (Å²) in [6.07, 6.45) is 2.48. The second-order valence-electron chi connectivity index (χ2n) is 9.87. The molecule has 6 nitrogen and oxygen atoms in total. The summed E-state index contributed by atoms with van der Waals surface area (Å²) in [5.74, 6) is 0.949. The fourth-order valence-corrected chi connectivity index (χ4v) is 3.99. The van der Waals surface area contributed by atoms with Crippen molar-refractivity contribution < 1.29 is 24.2 Å².